The van der Waals surface area contributed by atoms with Gasteiger partial charge in [0, 0.05) is 52.2 Å². The topological polar surface area (TPSA) is 141 Å². The fourth-order valence-corrected chi connectivity index (χ4v) is 5.25. The van der Waals surface area contributed by atoms with E-state index in [2.05, 4.69) is 43.7 Å². The summed E-state index contributed by atoms with van der Waals surface area (Å²) in [5.74, 6) is 0.589. The number of unbranched alkanes of at least 4 members (excludes halogenated alkanes) is 2. The molecule has 0 aromatic heterocycles. The smallest absolute Gasteiger partial charge is 0.266 e. The molecule has 42 heavy (non-hydrogen) atoms. The number of rotatable bonds is 15. The molecule has 4 rings (SSSR count). The lowest BCUT2D eigenvalue weighted by Gasteiger charge is -2.31. The van der Waals surface area contributed by atoms with Gasteiger partial charge in [0.15, 0.2) is 11.6 Å². The molecule has 0 fully saturated rings. The monoisotopic (exact) mass is 634 g/mol. The maximum Gasteiger partial charge on any atom is 0.266 e. The van der Waals surface area contributed by atoms with Crippen molar-refractivity contribution in [3.63, 3.8) is 0 Å². The number of nitrogens with zero attached hydrogens (tertiary/aromatic N) is 4. The molecule has 11 heteroatoms. The van der Waals surface area contributed by atoms with Crippen molar-refractivity contribution in [1.82, 2.24) is 10.9 Å². The first kappa shape index (κ1) is 31.1. The average Bonchev–Trinajstić information content (AvgIpc) is 3.39. The van der Waals surface area contributed by atoms with Gasteiger partial charge in [0.25, 0.3) is 5.91 Å². The average molecular weight is 636 g/mol. The van der Waals surface area contributed by atoms with E-state index in [0.29, 0.717) is 48.0 Å². The summed E-state index contributed by atoms with van der Waals surface area (Å²) in [6.45, 7) is 3.19. The molecule has 0 bridgehead atoms. The van der Waals surface area contributed by atoms with Crippen LogP contribution in [0, 0.1) is 0 Å². The van der Waals surface area contributed by atoms with Crippen molar-refractivity contribution in [2.75, 3.05) is 19.8 Å². The number of hydrogen-bond donors (Lipinski definition) is 3. The number of benzene rings is 3. The van der Waals surface area contributed by atoms with E-state index in [1.807, 2.05) is 48.5 Å². The van der Waals surface area contributed by atoms with Crippen LogP contribution in [0.5, 0.6) is 5.75 Å². The number of aliphatic hydroxyl groups excluding tert-OH is 1. The molecule has 3 aromatic rings. The molecule has 0 saturated carbocycles. The molecule has 1 amide bonds. The zero-order chi connectivity index (χ0) is 29.8. The molecule has 220 valence electrons. The van der Waals surface area contributed by atoms with Crippen LogP contribution >= 0.6 is 15.9 Å². The van der Waals surface area contributed by atoms with Crippen LogP contribution in [0.1, 0.15) is 55.4 Å². The fraction of sp³-hybridized carbons (Fsp3) is 0.355. The minimum absolute atomic E-state index is 0.0551. The van der Waals surface area contributed by atoms with E-state index in [-0.39, 0.29) is 18.9 Å². The number of nitrogens with one attached hydrogen (secondary N) is 2. The van der Waals surface area contributed by atoms with Gasteiger partial charge in [-0.25, -0.2) is 10.4 Å². The molecule has 0 unspecified atom stereocenters. The zero-order valence-corrected chi connectivity index (χ0v) is 25.1. The number of carbonyl (C=O) groups is 1. The Bertz CT molecular complexity index is 1430. The first-order valence-electron chi connectivity index (χ1n) is 14.0. The SMILES string of the molecule is CCCCCNNC(=O)[C@@]1(Cc2ccccc2N=[N+]=[N-])N=C(c2ccc(OCCCO)cc2)O[C@H]1c1ccccc1Br. The van der Waals surface area contributed by atoms with Gasteiger partial charge in [0.1, 0.15) is 5.75 Å². The van der Waals surface area contributed by atoms with Gasteiger partial charge in [-0.05, 0) is 47.8 Å². The molecule has 1 heterocycles. The van der Waals surface area contributed by atoms with Gasteiger partial charge >= 0.3 is 0 Å². The van der Waals surface area contributed by atoms with Gasteiger partial charge in [0.05, 0.1) is 6.61 Å². The zero-order valence-electron chi connectivity index (χ0n) is 23.5. The molecule has 3 N–H and O–H groups in total. The molecule has 10 nitrogen and oxygen atoms in total. The lowest BCUT2D eigenvalue weighted by molar-refractivity contribution is -0.130. The molecule has 3 aromatic carbocycles. The maximum atomic E-state index is 14.2. The van der Waals surface area contributed by atoms with E-state index in [0.717, 1.165) is 29.3 Å². The molecule has 0 radical (unpaired) electrons. The van der Waals surface area contributed by atoms with Gasteiger partial charge in [-0.2, -0.15) is 0 Å². The van der Waals surface area contributed by atoms with Crippen molar-refractivity contribution in [3.8, 4) is 5.75 Å². The Morgan fingerprint density at radius 2 is 1.88 bits per heavy atom. The number of ether oxygens (including phenoxy) is 2. The number of azide groups is 1. The van der Waals surface area contributed by atoms with Crippen molar-refractivity contribution in [1.29, 1.82) is 0 Å². The Hall–Kier alpha value is -3.89. The number of aliphatic hydroxyl groups is 1. The van der Waals surface area contributed by atoms with Gasteiger partial charge in [-0.15, -0.1) is 0 Å². The lowest BCUT2D eigenvalue weighted by Crippen LogP contribution is -2.54. The molecular weight excluding hydrogens is 600 g/mol. The fourth-order valence-electron chi connectivity index (χ4n) is 4.76. The summed E-state index contributed by atoms with van der Waals surface area (Å²) >= 11 is 3.65. The molecular formula is C31H35BrN6O4. The van der Waals surface area contributed by atoms with Crippen molar-refractivity contribution >= 4 is 33.4 Å². The standard InChI is InChI=1S/C31H35BrN6O4/c1-2-3-8-18-34-37-30(40)31(21-23-10-4-7-13-27(23)36-38-33)28(25-11-5-6-12-26(25)32)42-29(35-31)22-14-16-24(17-15-22)41-20-9-19-39/h4-7,10-17,28,34,39H,2-3,8-9,18-21H2,1H3,(H,37,40)/t28-,31-/m0/s1. The van der Waals surface area contributed by atoms with Crippen LogP contribution in [-0.4, -0.2) is 42.2 Å². The van der Waals surface area contributed by atoms with E-state index in [9.17, 15) is 10.3 Å². The highest BCUT2D eigenvalue weighted by Crippen LogP contribution is 2.45. The van der Waals surface area contributed by atoms with Gasteiger partial charge in [0.2, 0.25) is 5.90 Å². The van der Waals surface area contributed by atoms with Crippen LogP contribution < -0.4 is 15.6 Å². The summed E-state index contributed by atoms with van der Waals surface area (Å²) in [6.07, 6.45) is 2.86. The number of carbonyl (C=O) groups excluding carboxylic acids is 1. The van der Waals surface area contributed by atoms with Crippen molar-refractivity contribution in [2.24, 2.45) is 10.1 Å². The highest BCUT2D eigenvalue weighted by atomic mass is 79.9. The predicted octanol–water partition coefficient (Wildman–Crippen LogP) is 6.46. The summed E-state index contributed by atoms with van der Waals surface area (Å²) in [5.41, 5.74) is 16.2. The number of halogens is 1. The second-order valence-electron chi connectivity index (χ2n) is 9.89. The number of aliphatic imine (C=N–C) groups is 1. The Morgan fingerprint density at radius 1 is 1.12 bits per heavy atom. The van der Waals surface area contributed by atoms with Crippen LogP contribution in [0.25, 0.3) is 10.4 Å². The van der Waals surface area contributed by atoms with Crippen LogP contribution in [0.3, 0.4) is 0 Å². The van der Waals surface area contributed by atoms with Crippen LogP contribution in [0.15, 0.2) is 87.4 Å². The number of hydrazine groups is 1. The molecule has 0 spiro atoms. The molecule has 0 aliphatic carbocycles. The summed E-state index contributed by atoms with van der Waals surface area (Å²) in [4.78, 5) is 22.2. The van der Waals surface area contributed by atoms with E-state index in [4.69, 9.17) is 19.6 Å². The summed E-state index contributed by atoms with van der Waals surface area (Å²) in [6, 6.07) is 22.0. The van der Waals surface area contributed by atoms with E-state index >= 15 is 0 Å². The molecule has 0 saturated heterocycles. The minimum Gasteiger partial charge on any atom is -0.494 e. The van der Waals surface area contributed by atoms with Crippen molar-refractivity contribution < 1.29 is 19.4 Å². The largest absolute Gasteiger partial charge is 0.494 e. The summed E-state index contributed by atoms with van der Waals surface area (Å²) < 4.78 is 13.0. The van der Waals surface area contributed by atoms with Crippen molar-refractivity contribution in [3.05, 3.63) is 104 Å². The highest BCUT2D eigenvalue weighted by Gasteiger charge is 2.54. The minimum atomic E-state index is -1.45. The molecule has 1 aliphatic heterocycles. The third kappa shape index (κ3) is 7.49. The van der Waals surface area contributed by atoms with Gasteiger partial charge in [-0.3, -0.25) is 10.2 Å². The Labute approximate surface area is 253 Å². The van der Waals surface area contributed by atoms with Crippen LogP contribution in [0.2, 0.25) is 0 Å². The Balaban J connectivity index is 1.79. The molecule has 2 atom stereocenters. The highest BCUT2D eigenvalue weighted by molar-refractivity contribution is 9.10. The van der Waals surface area contributed by atoms with E-state index in [1.54, 1.807) is 24.3 Å². The van der Waals surface area contributed by atoms with E-state index in [1.165, 1.54) is 0 Å². The van der Waals surface area contributed by atoms with E-state index < -0.39 is 11.6 Å². The Morgan fingerprint density at radius 3 is 2.62 bits per heavy atom. The first-order chi connectivity index (χ1) is 20.5. The summed E-state index contributed by atoms with van der Waals surface area (Å²) in [7, 11) is 0. The van der Waals surface area contributed by atoms with Crippen LogP contribution in [0.4, 0.5) is 5.69 Å². The second-order valence-corrected chi connectivity index (χ2v) is 10.7. The quantitative estimate of drug-likeness (QED) is 0.0578. The van der Waals surface area contributed by atoms with Gasteiger partial charge in [-0.1, -0.05) is 83.3 Å². The van der Waals surface area contributed by atoms with Gasteiger partial charge < -0.3 is 14.6 Å². The Kier molecular flexibility index (Phi) is 11.4. The third-order valence-electron chi connectivity index (χ3n) is 6.93. The summed E-state index contributed by atoms with van der Waals surface area (Å²) in [5, 5.41) is 12.9. The number of amides is 1. The third-order valence-corrected chi connectivity index (χ3v) is 7.65. The normalized spacial score (nSPS) is 17.6. The maximum absolute atomic E-state index is 14.2. The van der Waals surface area contributed by atoms with Crippen LogP contribution in [-0.2, 0) is 16.0 Å². The molecule has 1 aliphatic rings. The van der Waals surface area contributed by atoms with Crippen molar-refractivity contribution in [2.45, 2.75) is 50.7 Å². The predicted molar refractivity (Wildman–Crippen MR) is 165 cm³/mol. The second kappa shape index (κ2) is 15.4. The lowest BCUT2D eigenvalue weighted by atomic mass is 9.81. The first-order valence-corrected chi connectivity index (χ1v) is 14.8. The number of hydrogen-bond acceptors (Lipinski definition) is 7.